The molecule has 1 unspecified atom stereocenters. The molecule has 0 aliphatic carbocycles. The number of hydrogen-bond donors (Lipinski definition) is 1. The standard InChI is InChI=1S/C26H25FN2O3/c1-18-26(19(2)32-29-18)28-25(17-30-16-20-6-4-3-5-7-20)21-8-12-23(13-9-21)31-24-14-10-22(27)11-15-24/h3-15,25,28H,16-17H2,1-2H3. The van der Waals surface area contributed by atoms with Crippen molar-refractivity contribution in [3.8, 4) is 11.5 Å². The van der Waals surface area contributed by atoms with Crippen LogP contribution in [0.3, 0.4) is 0 Å². The summed E-state index contributed by atoms with van der Waals surface area (Å²) in [6.07, 6.45) is 0. The first kappa shape index (κ1) is 21.6. The first-order valence-electron chi connectivity index (χ1n) is 10.4. The lowest BCUT2D eigenvalue weighted by Gasteiger charge is -2.21. The Morgan fingerprint density at radius 1 is 0.906 bits per heavy atom. The molecule has 1 N–H and O–H groups in total. The van der Waals surface area contributed by atoms with Crippen LogP contribution in [0.4, 0.5) is 10.1 Å². The maximum absolute atomic E-state index is 13.1. The molecule has 0 bridgehead atoms. The summed E-state index contributed by atoms with van der Waals surface area (Å²) in [6.45, 7) is 4.76. The molecular formula is C26H25FN2O3. The van der Waals surface area contributed by atoms with E-state index in [9.17, 15) is 4.39 Å². The van der Waals surface area contributed by atoms with E-state index < -0.39 is 0 Å². The Morgan fingerprint density at radius 3 is 2.19 bits per heavy atom. The summed E-state index contributed by atoms with van der Waals surface area (Å²) in [6, 6.07) is 23.6. The third-order valence-corrected chi connectivity index (χ3v) is 5.08. The molecule has 3 aromatic carbocycles. The molecule has 0 aliphatic heterocycles. The number of halogens is 1. The van der Waals surface area contributed by atoms with Crippen LogP contribution in [-0.2, 0) is 11.3 Å². The van der Waals surface area contributed by atoms with Gasteiger partial charge in [0.25, 0.3) is 0 Å². The Hall–Kier alpha value is -3.64. The van der Waals surface area contributed by atoms with Gasteiger partial charge in [-0.25, -0.2) is 4.39 Å². The van der Waals surface area contributed by atoms with Gasteiger partial charge in [0.2, 0.25) is 0 Å². The monoisotopic (exact) mass is 432 g/mol. The lowest BCUT2D eigenvalue weighted by Crippen LogP contribution is -2.18. The molecule has 1 aromatic heterocycles. The second kappa shape index (κ2) is 10.1. The van der Waals surface area contributed by atoms with Crippen molar-refractivity contribution in [2.75, 3.05) is 11.9 Å². The maximum Gasteiger partial charge on any atom is 0.157 e. The van der Waals surface area contributed by atoms with Gasteiger partial charge >= 0.3 is 0 Å². The molecule has 5 nitrogen and oxygen atoms in total. The van der Waals surface area contributed by atoms with Crippen LogP contribution in [-0.4, -0.2) is 11.8 Å². The molecule has 4 aromatic rings. The lowest BCUT2D eigenvalue weighted by atomic mass is 10.1. The van der Waals surface area contributed by atoms with E-state index in [-0.39, 0.29) is 11.9 Å². The van der Waals surface area contributed by atoms with Crippen LogP contribution in [0.1, 0.15) is 28.6 Å². The number of aromatic nitrogens is 1. The van der Waals surface area contributed by atoms with Gasteiger partial charge in [-0.05, 0) is 61.4 Å². The predicted molar refractivity (Wildman–Crippen MR) is 121 cm³/mol. The van der Waals surface area contributed by atoms with Crippen molar-refractivity contribution < 1.29 is 18.4 Å². The van der Waals surface area contributed by atoms with Gasteiger partial charge in [0, 0.05) is 0 Å². The molecule has 164 valence electrons. The van der Waals surface area contributed by atoms with E-state index in [0.717, 1.165) is 28.3 Å². The van der Waals surface area contributed by atoms with Crippen LogP contribution in [0, 0.1) is 19.7 Å². The highest BCUT2D eigenvalue weighted by molar-refractivity contribution is 5.52. The molecule has 0 saturated heterocycles. The van der Waals surface area contributed by atoms with Crippen molar-refractivity contribution in [2.24, 2.45) is 0 Å². The number of rotatable bonds is 9. The molecule has 1 atom stereocenters. The van der Waals surface area contributed by atoms with E-state index in [1.54, 1.807) is 12.1 Å². The molecule has 1 heterocycles. The number of nitrogens with one attached hydrogen (secondary N) is 1. The smallest absolute Gasteiger partial charge is 0.157 e. The van der Waals surface area contributed by atoms with E-state index in [2.05, 4.69) is 10.5 Å². The van der Waals surface area contributed by atoms with E-state index in [4.69, 9.17) is 14.0 Å². The minimum Gasteiger partial charge on any atom is -0.457 e. The van der Waals surface area contributed by atoms with E-state index in [1.165, 1.54) is 12.1 Å². The van der Waals surface area contributed by atoms with Crippen molar-refractivity contribution in [1.82, 2.24) is 5.16 Å². The van der Waals surface area contributed by atoms with E-state index in [1.807, 2.05) is 68.4 Å². The predicted octanol–water partition coefficient (Wildman–Crippen LogP) is 6.59. The average molecular weight is 432 g/mol. The van der Waals surface area contributed by atoms with Crippen LogP contribution >= 0.6 is 0 Å². The normalized spacial score (nSPS) is 11.8. The highest BCUT2D eigenvalue weighted by Gasteiger charge is 2.17. The maximum atomic E-state index is 13.1. The van der Waals surface area contributed by atoms with Gasteiger partial charge in [0.15, 0.2) is 5.76 Å². The van der Waals surface area contributed by atoms with Gasteiger partial charge in [-0.15, -0.1) is 0 Å². The number of aryl methyl sites for hydroxylation is 2. The van der Waals surface area contributed by atoms with Gasteiger partial charge in [0.1, 0.15) is 28.7 Å². The van der Waals surface area contributed by atoms with E-state index in [0.29, 0.717) is 24.7 Å². The summed E-state index contributed by atoms with van der Waals surface area (Å²) in [5, 5.41) is 7.54. The van der Waals surface area contributed by atoms with Crippen LogP contribution in [0.5, 0.6) is 11.5 Å². The molecule has 4 rings (SSSR count). The van der Waals surface area contributed by atoms with Gasteiger partial charge in [-0.2, -0.15) is 0 Å². The second-order valence-corrected chi connectivity index (χ2v) is 7.52. The Balaban J connectivity index is 1.48. The molecule has 0 spiro atoms. The minimum atomic E-state index is -0.295. The van der Waals surface area contributed by atoms with Crippen molar-refractivity contribution in [2.45, 2.75) is 26.5 Å². The molecule has 0 saturated carbocycles. The summed E-state index contributed by atoms with van der Waals surface area (Å²) in [4.78, 5) is 0. The van der Waals surface area contributed by atoms with Crippen LogP contribution < -0.4 is 10.1 Å². The van der Waals surface area contributed by atoms with Crippen molar-refractivity contribution in [3.05, 3.63) is 107 Å². The summed E-state index contributed by atoms with van der Waals surface area (Å²) in [7, 11) is 0. The number of hydrogen-bond acceptors (Lipinski definition) is 5. The fraction of sp³-hybridized carbons (Fsp3) is 0.192. The van der Waals surface area contributed by atoms with E-state index >= 15 is 0 Å². The fourth-order valence-corrected chi connectivity index (χ4v) is 3.36. The zero-order valence-electron chi connectivity index (χ0n) is 18.0. The minimum absolute atomic E-state index is 0.115. The summed E-state index contributed by atoms with van der Waals surface area (Å²) < 4.78 is 30.2. The summed E-state index contributed by atoms with van der Waals surface area (Å²) in [5.74, 6) is 1.68. The highest BCUT2D eigenvalue weighted by Crippen LogP contribution is 2.28. The summed E-state index contributed by atoms with van der Waals surface area (Å²) >= 11 is 0. The number of nitrogens with zero attached hydrogens (tertiary/aromatic N) is 1. The Labute approximate surface area is 186 Å². The number of ether oxygens (including phenoxy) is 2. The van der Waals surface area contributed by atoms with Crippen LogP contribution in [0.2, 0.25) is 0 Å². The molecule has 32 heavy (non-hydrogen) atoms. The van der Waals surface area contributed by atoms with Crippen molar-refractivity contribution in [1.29, 1.82) is 0 Å². The van der Waals surface area contributed by atoms with Crippen molar-refractivity contribution in [3.63, 3.8) is 0 Å². The van der Waals surface area contributed by atoms with Crippen LogP contribution in [0.15, 0.2) is 83.4 Å². The Kier molecular flexibility index (Phi) is 6.82. The third-order valence-electron chi connectivity index (χ3n) is 5.08. The van der Waals surface area contributed by atoms with Crippen LogP contribution in [0.25, 0.3) is 0 Å². The largest absolute Gasteiger partial charge is 0.457 e. The molecule has 6 heteroatoms. The molecule has 0 aliphatic rings. The fourth-order valence-electron chi connectivity index (χ4n) is 3.36. The second-order valence-electron chi connectivity index (χ2n) is 7.52. The Morgan fingerprint density at radius 2 is 1.56 bits per heavy atom. The molecule has 0 fully saturated rings. The third kappa shape index (κ3) is 5.53. The van der Waals surface area contributed by atoms with Gasteiger partial charge < -0.3 is 19.3 Å². The number of anilines is 1. The van der Waals surface area contributed by atoms with Crippen molar-refractivity contribution >= 4 is 5.69 Å². The quantitative estimate of drug-likeness (QED) is 0.323. The first-order valence-corrected chi connectivity index (χ1v) is 10.4. The lowest BCUT2D eigenvalue weighted by molar-refractivity contribution is 0.112. The van der Waals surface area contributed by atoms with Gasteiger partial charge in [-0.3, -0.25) is 0 Å². The zero-order valence-corrected chi connectivity index (χ0v) is 18.0. The Bertz CT molecular complexity index is 1110. The molecular weight excluding hydrogens is 407 g/mol. The summed E-state index contributed by atoms with van der Waals surface area (Å²) in [5.41, 5.74) is 3.81. The highest BCUT2D eigenvalue weighted by atomic mass is 19.1. The van der Waals surface area contributed by atoms with Gasteiger partial charge in [0.05, 0.1) is 19.3 Å². The SMILES string of the molecule is Cc1noc(C)c1NC(COCc1ccccc1)c1ccc(Oc2ccc(F)cc2)cc1. The number of benzene rings is 3. The van der Waals surface area contributed by atoms with Gasteiger partial charge in [-0.1, -0.05) is 47.6 Å². The topological polar surface area (TPSA) is 56.5 Å². The zero-order chi connectivity index (χ0) is 22.3. The average Bonchev–Trinajstić information content (AvgIpc) is 3.13. The first-order chi connectivity index (χ1) is 15.6. The molecule has 0 amide bonds. The molecule has 0 radical (unpaired) electrons.